The molecule has 0 aliphatic rings. The van der Waals surface area contributed by atoms with Crippen LogP contribution in [0.25, 0.3) is 0 Å². The molecule has 0 radical (unpaired) electrons. The SMILES string of the molecule is C=CCc1cc(/C=N/NC(=O)c2ccccc2Br)c(O)c(OC)c1. The van der Waals surface area contributed by atoms with Gasteiger partial charge in [-0.3, -0.25) is 4.79 Å². The average Bonchev–Trinajstić information content (AvgIpc) is 2.57. The molecule has 0 atom stereocenters. The van der Waals surface area contributed by atoms with Crippen LogP contribution < -0.4 is 10.2 Å². The highest BCUT2D eigenvalue weighted by Crippen LogP contribution is 2.30. The van der Waals surface area contributed by atoms with E-state index < -0.39 is 0 Å². The average molecular weight is 389 g/mol. The van der Waals surface area contributed by atoms with Crippen molar-refractivity contribution in [3.63, 3.8) is 0 Å². The standard InChI is InChI=1S/C18H17BrN2O3/c1-3-6-12-9-13(17(22)16(10-12)24-2)11-20-21-18(23)14-7-4-5-8-15(14)19/h3-5,7-11,22H,1,6H2,2H3,(H,21,23)/b20-11+. The van der Waals surface area contributed by atoms with Gasteiger partial charge in [0.05, 0.1) is 18.9 Å². The monoisotopic (exact) mass is 388 g/mol. The second kappa shape index (κ2) is 8.31. The Kier molecular flexibility index (Phi) is 6.14. The Morgan fingerprint density at radius 2 is 2.17 bits per heavy atom. The lowest BCUT2D eigenvalue weighted by Crippen LogP contribution is -2.18. The molecule has 0 heterocycles. The largest absolute Gasteiger partial charge is 0.504 e. The number of ether oxygens (including phenoxy) is 1. The minimum atomic E-state index is -0.354. The topological polar surface area (TPSA) is 70.9 Å². The first kappa shape index (κ1) is 17.7. The number of rotatable bonds is 6. The maximum Gasteiger partial charge on any atom is 0.272 e. The molecule has 0 bridgehead atoms. The number of carbonyl (C=O) groups is 1. The molecule has 0 aliphatic heterocycles. The lowest BCUT2D eigenvalue weighted by Gasteiger charge is -2.09. The van der Waals surface area contributed by atoms with Crippen molar-refractivity contribution in [2.45, 2.75) is 6.42 Å². The van der Waals surface area contributed by atoms with Crippen molar-refractivity contribution < 1.29 is 14.6 Å². The maximum absolute atomic E-state index is 12.1. The van der Waals surface area contributed by atoms with Gasteiger partial charge in [-0.15, -0.1) is 6.58 Å². The lowest BCUT2D eigenvalue weighted by molar-refractivity contribution is 0.0954. The smallest absolute Gasteiger partial charge is 0.272 e. The van der Waals surface area contributed by atoms with E-state index in [9.17, 15) is 9.90 Å². The van der Waals surface area contributed by atoms with E-state index in [0.717, 1.165) is 5.56 Å². The third-order valence-electron chi connectivity index (χ3n) is 3.25. The molecule has 0 fully saturated rings. The second-order valence-electron chi connectivity index (χ2n) is 4.91. The van der Waals surface area contributed by atoms with Crippen LogP contribution in [0.2, 0.25) is 0 Å². The summed E-state index contributed by atoms with van der Waals surface area (Å²) in [7, 11) is 1.47. The van der Waals surface area contributed by atoms with Gasteiger partial charge in [-0.05, 0) is 52.2 Å². The van der Waals surface area contributed by atoms with E-state index in [2.05, 4.69) is 33.0 Å². The number of methoxy groups -OCH3 is 1. The van der Waals surface area contributed by atoms with Gasteiger partial charge in [-0.1, -0.05) is 18.2 Å². The number of hydrogen-bond acceptors (Lipinski definition) is 4. The predicted octanol–water partition coefficient (Wildman–Crippen LogP) is 3.66. The molecule has 0 spiro atoms. The number of benzene rings is 2. The van der Waals surface area contributed by atoms with Crippen molar-refractivity contribution in [2.75, 3.05) is 7.11 Å². The number of phenolic OH excluding ortho intramolecular Hbond substituents is 1. The highest BCUT2D eigenvalue weighted by atomic mass is 79.9. The van der Waals surface area contributed by atoms with Crippen LogP contribution in [0.3, 0.4) is 0 Å². The number of amides is 1. The highest BCUT2D eigenvalue weighted by Gasteiger charge is 2.10. The summed E-state index contributed by atoms with van der Waals surface area (Å²) < 4.78 is 5.82. The van der Waals surface area contributed by atoms with E-state index in [0.29, 0.717) is 27.8 Å². The van der Waals surface area contributed by atoms with Gasteiger partial charge in [-0.25, -0.2) is 5.43 Å². The van der Waals surface area contributed by atoms with Crippen molar-refractivity contribution in [2.24, 2.45) is 5.10 Å². The Bertz CT molecular complexity index is 788. The first-order valence-electron chi connectivity index (χ1n) is 7.15. The Morgan fingerprint density at radius 3 is 2.83 bits per heavy atom. The lowest BCUT2D eigenvalue weighted by atomic mass is 10.1. The molecule has 0 saturated heterocycles. The number of aromatic hydroxyl groups is 1. The van der Waals surface area contributed by atoms with E-state index in [-0.39, 0.29) is 11.7 Å². The molecule has 6 heteroatoms. The summed E-state index contributed by atoms with van der Waals surface area (Å²) in [5.74, 6) is -0.0513. The zero-order chi connectivity index (χ0) is 17.5. The second-order valence-corrected chi connectivity index (χ2v) is 5.76. The van der Waals surface area contributed by atoms with Crippen LogP contribution in [0.15, 0.2) is 58.6 Å². The van der Waals surface area contributed by atoms with Crippen molar-refractivity contribution >= 4 is 28.1 Å². The summed E-state index contributed by atoms with van der Waals surface area (Å²) in [6.07, 6.45) is 3.75. The molecular weight excluding hydrogens is 372 g/mol. The molecule has 0 unspecified atom stereocenters. The Morgan fingerprint density at radius 1 is 1.42 bits per heavy atom. The number of allylic oxidation sites excluding steroid dienone is 1. The Hall–Kier alpha value is -2.60. The van der Waals surface area contributed by atoms with Crippen LogP contribution in [0.4, 0.5) is 0 Å². The molecule has 2 rings (SSSR count). The zero-order valence-corrected chi connectivity index (χ0v) is 14.7. The van der Waals surface area contributed by atoms with Crippen LogP contribution in [0.1, 0.15) is 21.5 Å². The summed E-state index contributed by atoms with van der Waals surface area (Å²) in [6.45, 7) is 3.69. The molecule has 1 amide bonds. The fourth-order valence-corrected chi connectivity index (χ4v) is 2.56. The molecular formula is C18H17BrN2O3. The van der Waals surface area contributed by atoms with E-state index in [4.69, 9.17) is 4.74 Å². The quantitative estimate of drug-likeness (QED) is 0.450. The van der Waals surface area contributed by atoms with Gasteiger partial charge in [0, 0.05) is 10.0 Å². The van der Waals surface area contributed by atoms with Crippen LogP contribution in [0.5, 0.6) is 11.5 Å². The van der Waals surface area contributed by atoms with E-state index in [1.807, 2.05) is 6.07 Å². The molecule has 2 N–H and O–H groups in total. The first-order valence-corrected chi connectivity index (χ1v) is 7.94. The molecule has 0 saturated carbocycles. The first-order chi connectivity index (χ1) is 11.6. The summed E-state index contributed by atoms with van der Waals surface area (Å²) in [5.41, 5.74) is 4.26. The van der Waals surface area contributed by atoms with Gasteiger partial charge in [0.1, 0.15) is 0 Å². The van der Waals surface area contributed by atoms with Crippen molar-refractivity contribution in [3.8, 4) is 11.5 Å². The van der Waals surface area contributed by atoms with Crippen molar-refractivity contribution in [3.05, 3.63) is 70.2 Å². The molecule has 0 aliphatic carbocycles. The predicted molar refractivity (Wildman–Crippen MR) is 97.8 cm³/mol. The van der Waals surface area contributed by atoms with Gasteiger partial charge >= 0.3 is 0 Å². The third-order valence-corrected chi connectivity index (χ3v) is 3.94. The van der Waals surface area contributed by atoms with E-state index >= 15 is 0 Å². The van der Waals surface area contributed by atoms with E-state index in [1.54, 1.807) is 36.4 Å². The number of nitrogens with one attached hydrogen (secondary N) is 1. The normalized spacial score (nSPS) is 10.6. The fraction of sp³-hybridized carbons (Fsp3) is 0.111. The number of hydrazone groups is 1. The minimum Gasteiger partial charge on any atom is -0.504 e. The molecule has 5 nitrogen and oxygen atoms in total. The summed E-state index contributed by atoms with van der Waals surface area (Å²) in [5, 5.41) is 14.1. The molecule has 0 aromatic heterocycles. The molecule has 24 heavy (non-hydrogen) atoms. The van der Waals surface area contributed by atoms with Gasteiger partial charge in [0.15, 0.2) is 11.5 Å². The number of nitrogens with zero attached hydrogens (tertiary/aromatic N) is 1. The zero-order valence-electron chi connectivity index (χ0n) is 13.1. The van der Waals surface area contributed by atoms with Crippen molar-refractivity contribution in [1.82, 2.24) is 5.43 Å². The summed E-state index contributed by atoms with van der Waals surface area (Å²) in [4.78, 5) is 12.1. The molecule has 124 valence electrons. The van der Waals surface area contributed by atoms with Crippen LogP contribution in [-0.2, 0) is 6.42 Å². The molecule has 2 aromatic rings. The number of carbonyl (C=O) groups excluding carboxylic acids is 1. The van der Waals surface area contributed by atoms with Crippen LogP contribution >= 0.6 is 15.9 Å². The van der Waals surface area contributed by atoms with Gasteiger partial charge < -0.3 is 9.84 Å². The number of halogens is 1. The minimum absolute atomic E-state index is 0.0378. The fourth-order valence-electron chi connectivity index (χ4n) is 2.09. The Labute approximate surface area is 148 Å². The van der Waals surface area contributed by atoms with Crippen LogP contribution in [0, 0.1) is 0 Å². The van der Waals surface area contributed by atoms with Gasteiger partial charge in [0.2, 0.25) is 0 Å². The highest BCUT2D eigenvalue weighted by molar-refractivity contribution is 9.10. The molecule has 2 aromatic carbocycles. The van der Waals surface area contributed by atoms with Gasteiger partial charge in [0.25, 0.3) is 5.91 Å². The van der Waals surface area contributed by atoms with Crippen LogP contribution in [-0.4, -0.2) is 24.3 Å². The number of phenols is 1. The third kappa shape index (κ3) is 4.23. The van der Waals surface area contributed by atoms with Gasteiger partial charge in [-0.2, -0.15) is 5.10 Å². The maximum atomic E-state index is 12.1. The summed E-state index contributed by atoms with van der Waals surface area (Å²) >= 11 is 3.31. The van der Waals surface area contributed by atoms with Crippen molar-refractivity contribution in [1.29, 1.82) is 0 Å². The van der Waals surface area contributed by atoms with E-state index in [1.165, 1.54) is 13.3 Å². The number of hydrogen-bond donors (Lipinski definition) is 2. The Balaban J connectivity index is 2.19. The summed E-state index contributed by atoms with van der Waals surface area (Å²) in [6, 6.07) is 10.5.